The van der Waals surface area contributed by atoms with Crippen molar-refractivity contribution in [1.82, 2.24) is 0 Å². The minimum Gasteiger partial charge on any atom is -0.384 e. The number of thiophene rings is 1. The third-order valence-corrected chi connectivity index (χ3v) is 4.00. The third-order valence-electron chi connectivity index (χ3n) is 2.97. The lowest BCUT2D eigenvalue weighted by atomic mass is 9.93. The SMILES string of the molecule is c1csc(C2CNc3ccccc3C2)c1. The van der Waals surface area contributed by atoms with Gasteiger partial charge < -0.3 is 5.32 Å². The second kappa shape index (κ2) is 3.70. The monoisotopic (exact) mass is 215 g/mol. The zero-order valence-electron chi connectivity index (χ0n) is 8.44. The first-order chi connectivity index (χ1) is 7.43. The predicted octanol–water partition coefficient (Wildman–Crippen LogP) is 3.50. The zero-order valence-corrected chi connectivity index (χ0v) is 9.26. The third kappa shape index (κ3) is 1.65. The quantitative estimate of drug-likeness (QED) is 0.767. The van der Waals surface area contributed by atoms with Gasteiger partial charge in [-0.2, -0.15) is 0 Å². The predicted molar refractivity (Wildman–Crippen MR) is 65.7 cm³/mol. The van der Waals surface area contributed by atoms with Crippen molar-refractivity contribution in [2.45, 2.75) is 12.3 Å². The summed E-state index contributed by atoms with van der Waals surface area (Å²) in [6.07, 6.45) is 1.17. The van der Waals surface area contributed by atoms with Gasteiger partial charge in [-0.05, 0) is 29.5 Å². The fourth-order valence-corrected chi connectivity index (χ4v) is 3.00. The molecule has 1 aromatic heterocycles. The summed E-state index contributed by atoms with van der Waals surface area (Å²) in [6.45, 7) is 1.07. The van der Waals surface area contributed by atoms with Crippen LogP contribution in [0.1, 0.15) is 16.4 Å². The Bertz CT molecular complexity index is 447. The Morgan fingerprint density at radius 3 is 2.93 bits per heavy atom. The van der Waals surface area contributed by atoms with Gasteiger partial charge in [-0.1, -0.05) is 24.3 Å². The fraction of sp³-hybridized carbons (Fsp3) is 0.231. The molecule has 2 aromatic rings. The molecule has 1 nitrogen and oxygen atoms in total. The smallest absolute Gasteiger partial charge is 0.0373 e. The number of para-hydroxylation sites is 1. The van der Waals surface area contributed by atoms with Crippen LogP contribution in [0.15, 0.2) is 41.8 Å². The normalized spacial score (nSPS) is 19.3. The standard InChI is InChI=1S/C13H13NS/c1-2-5-12-10(4-1)8-11(9-14-12)13-6-3-7-15-13/h1-7,11,14H,8-9H2. The van der Waals surface area contributed by atoms with Gasteiger partial charge in [0.05, 0.1) is 0 Å². The van der Waals surface area contributed by atoms with E-state index in [0.29, 0.717) is 5.92 Å². The minimum atomic E-state index is 0.653. The largest absolute Gasteiger partial charge is 0.384 e. The lowest BCUT2D eigenvalue weighted by molar-refractivity contribution is 0.707. The van der Waals surface area contributed by atoms with Crippen LogP contribution < -0.4 is 5.32 Å². The van der Waals surface area contributed by atoms with E-state index in [2.05, 4.69) is 47.1 Å². The fourth-order valence-electron chi connectivity index (χ4n) is 2.17. The summed E-state index contributed by atoms with van der Waals surface area (Å²) < 4.78 is 0. The highest BCUT2D eigenvalue weighted by Gasteiger charge is 2.19. The van der Waals surface area contributed by atoms with Crippen molar-refractivity contribution in [2.75, 3.05) is 11.9 Å². The highest BCUT2D eigenvalue weighted by atomic mass is 32.1. The van der Waals surface area contributed by atoms with Crippen LogP contribution in [0.5, 0.6) is 0 Å². The van der Waals surface area contributed by atoms with E-state index in [4.69, 9.17) is 0 Å². The summed E-state index contributed by atoms with van der Waals surface area (Å²) in [7, 11) is 0. The molecule has 0 aliphatic carbocycles. The summed E-state index contributed by atoms with van der Waals surface area (Å²) in [5, 5.41) is 5.67. The Labute approximate surface area is 93.8 Å². The van der Waals surface area contributed by atoms with Crippen LogP contribution in [0.2, 0.25) is 0 Å². The molecule has 1 aliphatic rings. The highest BCUT2D eigenvalue weighted by Crippen LogP contribution is 2.32. The molecule has 0 spiro atoms. The van der Waals surface area contributed by atoms with Crippen molar-refractivity contribution < 1.29 is 0 Å². The lowest BCUT2D eigenvalue weighted by Crippen LogP contribution is -2.20. The lowest BCUT2D eigenvalue weighted by Gasteiger charge is -2.25. The number of nitrogens with one attached hydrogen (secondary N) is 1. The highest BCUT2D eigenvalue weighted by molar-refractivity contribution is 7.10. The first-order valence-corrected chi connectivity index (χ1v) is 6.16. The molecule has 76 valence electrons. The molecule has 0 bridgehead atoms. The van der Waals surface area contributed by atoms with Crippen molar-refractivity contribution in [3.63, 3.8) is 0 Å². The Kier molecular flexibility index (Phi) is 2.22. The molecule has 0 fully saturated rings. The van der Waals surface area contributed by atoms with Crippen molar-refractivity contribution >= 4 is 17.0 Å². The molecule has 3 rings (SSSR count). The molecule has 1 unspecified atom stereocenters. The van der Waals surface area contributed by atoms with Crippen LogP contribution in [-0.4, -0.2) is 6.54 Å². The van der Waals surface area contributed by atoms with Gasteiger partial charge >= 0.3 is 0 Å². The molecular weight excluding hydrogens is 202 g/mol. The van der Waals surface area contributed by atoms with Crippen molar-refractivity contribution in [2.24, 2.45) is 0 Å². The molecule has 0 radical (unpaired) electrons. The summed E-state index contributed by atoms with van der Waals surface area (Å²) >= 11 is 1.86. The average molecular weight is 215 g/mol. The van der Waals surface area contributed by atoms with Gasteiger partial charge in [0.2, 0.25) is 0 Å². The van der Waals surface area contributed by atoms with E-state index in [1.165, 1.54) is 22.5 Å². The Morgan fingerprint density at radius 1 is 1.13 bits per heavy atom. The van der Waals surface area contributed by atoms with Crippen LogP contribution in [0, 0.1) is 0 Å². The van der Waals surface area contributed by atoms with Crippen molar-refractivity contribution in [1.29, 1.82) is 0 Å². The molecule has 15 heavy (non-hydrogen) atoms. The number of anilines is 1. The van der Waals surface area contributed by atoms with E-state index < -0.39 is 0 Å². The van der Waals surface area contributed by atoms with Gasteiger partial charge in [-0.25, -0.2) is 0 Å². The molecule has 0 saturated heterocycles. The van der Waals surface area contributed by atoms with Crippen LogP contribution in [-0.2, 0) is 6.42 Å². The maximum atomic E-state index is 3.51. The second-order valence-corrected chi connectivity index (χ2v) is 4.93. The van der Waals surface area contributed by atoms with E-state index in [1.54, 1.807) is 0 Å². The van der Waals surface area contributed by atoms with E-state index in [1.807, 2.05) is 11.3 Å². The van der Waals surface area contributed by atoms with Gasteiger partial charge in [-0.15, -0.1) is 11.3 Å². The molecule has 2 heteroatoms. The van der Waals surface area contributed by atoms with Gasteiger partial charge in [-0.3, -0.25) is 0 Å². The molecule has 0 saturated carbocycles. The Balaban J connectivity index is 1.89. The number of rotatable bonds is 1. The first kappa shape index (κ1) is 8.98. The number of hydrogen-bond donors (Lipinski definition) is 1. The summed E-state index contributed by atoms with van der Waals surface area (Å²) in [4.78, 5) is 1.50. The molecule has 1 N–H and O–H groups in total. The van der Waals surface area contributed by atoms with E-state index >= 15 is 0 Å². The minimum absolute atomic E-state index is 0.653. The summed E-state index contributed by atoms with van der Waals surface area (Å²) in [5.41, 5.74) is 2.76. The molecule has 1 aromatic carbocycles. The molecule has 1 atom stereocenters. The topological polar surface area (TPSA) is 12.0 Å². The average Bonchev–Trinajstić information content (AvgIpc) is 2.82. The number of hydrogen-bond acceptors (Lipinski definition) is 2. The molecule has 2 heterocycles. The summed E-state index contributed by atoms with van der Waals surface area (Å²) in [5.74, 6) is 0.653. The molecule has 0 amide bonds. The molecule has 1 aliphatic heterocycles. The van der Waals surface area contributed by atoms with E-state index in [9.17, 15) is 0 Å². The van der Waals surface area contributed by atoms with Gasteiger partial charge in [0.25, 0.3) is 0 Å². The molecular formula is C13H13NS. The van der Waals surface area contributed by atoms with Crippen LogP contribution in [0.4, 0.5) is 5.69 Å². The number of fused-ring (bicyclic) bond motifs is 1. The Morgan fingerprint density at radius 2 is 2.07 bits per heavy atom. The van der Waals surface area contributed by atoms with Gasteiger partial charge in [0.15, 0.2) is 0 Å². The van der Waals surface area contributed by atoms with Crippen LogP contribution in [0.25, 0.3) is 0 Å². The van der Waals surface area contributed by atoms with Crippen LogP contribution >= 0.6 is 11.3 Å². The van der Waals surface area contributed by atoms with E-state index in [-0.39, 0.29) is 0 Å². The first-order valence-electron chi connectivity index (χ1n) is 5.28. The van der Waals surface area contributed by atoms with Crippen LogP contribution in [0.3, 0.4) is 0 Å². The maximum Gasteiger partial charge on any atom is 0.0373 e. The Hall–Kier alpha value is -1.28. The number of benzene rings is 1. The maximum absolute atomic E-state index is 3.51. The van der Waals surface area contributed by atoms with Crippen molar-refractivity contribution in [3.8, 4) is 0 Å². The second-order valence-electron chi connectivity index (χ2n) is 3.95. The van der Waals surface area contributed by atoms with Gasteiger partial charge in [0.1, 0.15) is 0 Å². The zero-order chi connectivity index (χ0) is 10.1. The van der Waals surface area contributed by atoms with Crippen molar-refractivity contribution in [3.05, 3.63) is 52.2 Å². The summed E-state index contributed by atoms with van der Waals surface area (Å²) in [6, 6.07) is 13.0. The van der Waals surface area contributed by atoms with E-state index in [0.717, 1.165) is 6.54 Å². The van der Waals surface area contributed by atoms with Gasteiger partial charge in [0, 0.05) is 23.0 Å².